The second-order valence-corrected chi connectivity index (χ2v) is 6.09. The minimum atomic E-state index is -0.998. The number of guanidine groups is 1. The molecule has 1 atom stereocenters. The van der Waals surface area contributed by atoms with Crippen molar-refractivity contribution in [2.45, 2.75) is 32.9 Å². The van der Waals surface area contributed by atoms with E-state index in [1.54, 1.807) is 13.1 Å². The van der Waals surface area contributed by atoms with E-state index in [2.05, 4.69) is 20.6 Å². The number of nitrogens with zero attached hydrogens (tertiary/aromatic N) is 2. The molecule has 1 aromatic heterocycles. The Morgan fingerprint density at radius 2 is 1.89 bits per heavy atom. The van der Waals surface area contributed by atoms with Gasteiger partial charge >= 0.3 is 0 Å². The van der Waals surface area contributed by atoms with Gasteiger partial charge in [-0.25, -0.2) is 9.98 Å². The van der Waals surface area contributed by atoms with E-state index in [0.29, 0.717) is 31.5 Å². The summed E-state index contributed by atoms with van der Waals surface area (Å²) < 4.78 is 5.54. The molecule has 1 unspecified atom stereocenters. The lowest BCUT2D eigenvalue weighted by Gasteiger charge is -2.25. The molecule has 0 aliphatic carbocycles. The SMILES string of the molecule is CCNC(=NCc1cccnc1OCC)NCC(C)(O)c1ccccc1.I. The number of hydrogen-bond donors (Lipinski definition) is 3. The standard InChI is InChI=1S/C20H28N4O2.HI/c1-4-21-19(23-14-16-10-9-13-22-18(16)26-5-2)24-15-20(3,25)17-11-7-6-8-12-17;/h6-13,25H,4-5,14-15H2,1-3H3,(H2,21,23,24);1H. The molecule has 2 rings (SSSR count). The van der Waals surface area contributed by atoms with Crippen molar-refractivity contribution in [2.24, 2.45) is 4.99 Å². The van der Waals surface area contributed by atoms with Gasteiger partial charge in [0.15, 0.2) is 5.96 Å². The summed E-state index contributed by atoms with van der Waals surface area (Å²) in [7, 11) is 0. The van der Waals surface area contributed by atoms with Crippen molar-refractivity contribution >= 4 is 29.9 Å². The number of ether oxygens (including phenoxy) is 1. The van der Waals surface area contributed by atoms with Crippen molar-refractivity contribution < 1.29 is 9.84 Å². The van der Waals surface area contributed by atoms with Crippen molar-refractivity contribution in [3.8, 4) is 5.88 Å². The fourth-order valence-corrected chi connectivity index (χ4v) is 2.47. The lowest BCUT2D eigenvalue weighted by molar-refractivity contribution is 0.0617. The third-order valence-electron chi connectivity index (χ3n) is 3.88. The first kappa shape index (κ1) is 23.2. The smallest absolute Gasteiger partial charge is 0.218 e. The van der Waals surface area contributed by atoms with Gasteiger partial charge in [0.05, 0.1) is 19.7 Å². The van der Waals surface area contributed by atoms with E-state index >= 15 is 0 Å². The predicted octanol–water partition coefficient (Wildman–Crippen LogP) is 3.06. The number of aliphatic imine (C=N–C) groups is 1. The third-order valence-corrected chi connectivity index (χ3v) is 3.88. The van der Waals surface area contributed by atoms with Crippen molar-refractivity contribution in [3.05, 3.63) is 59.8 Å². The van der Waals surface area contributed by atoms with Crippen LogP contribution in [0, 0.1) is 0 Å². The van der Waals surface area contributed by atoms with Crippen LogP contribution >= 0.6 is 24.0 Å². The van der Waals surface area contributed by atoms with Gasteiger partial charge in [-0.05, 0) is 32.4 Å². The van der Waals surface area contributed by atoms with Crippen LogP contribution in [0.2, 0.25) is 0 Å². The summed E-state index contributed by atoms with van der Waals surface area (Å²) in [5.41, 5.74) is 0.776. The van der Waals surface area contributed by atoms with Gasteiger partial charge in [0.25, 0.3) is 0 Å². The van der Waals surface area contributed by atoms with Crippen LogP contribution in [0.15, 0.2) is 53.7 Å². The summed E-state index contributed by atoms with van der Waals surface area (Å²) in [6.07, 6.45) is 1.71. The largest absolute Gasteiger partial charge is 0.478 e. The first-order valence-corrected chi connectivity index (χ1v) is 8.93. The molecule has 0 fully saturated rings. The highest BCUT2D eigenvalue weighted by Crippen LogP contribution is 2.19. The third kappa shape index (κ3) is 7.34. The lowest BCUT2D eigenvalue weighted by Crippen LogP contribution is -2.44. The Bertz CT molecular complexity index is 708. The minimum Gasteiger partial charge on any atom is -0.478 e. The van der Waals surface area contributed by atoms with E-state index in [1.807, 2.05) is 56.3 Å². The Hall–Kier alpha value is -1.87. The Morgan fingerprint density at radius 1 is 1.15 bits per heavy atom. The maximum atomic E-state index is 10.7. The van der Waals surface area contributed by atoms with Crippen LogP contribution in [0.25, 0.3) is 0 Å². The summed E-state index contributed by atoms with van der Waals surface area (Å²) in [6, 6.07) is 13.4. The molecule has 1 aromatic carbocycles. The quantitative estimate of drug-likeness (QED) is 0.305. The number of halogens is 1. The number of benzene rings is 1. The number of nitrogens with one attached hydrogen (secondary N) is 2. The highest BCUT2D eigenvalue weighted by atomic mass is 127. The van der Waals surface area contributed by atoms with E-state index in [4.69, 9.17) is 4.74 Å². The van der Waals surface area contributed by atoms with Gasteiger partial charge in [-0.3, -0.25) is 0 Å². The molecule has 0 radical (unpaired) electrons. The molecule has 27 heavy (non-hydrogen) atoms. The summed E-state index contributed by atoms with van der Waals surface area (Å²) >= 11 is 0. The van der Waals surface area contributed by atoms with Gasteiger partial charge < -0.3 is 20.5 Å². The fraction of sp³-hybridized carbons (Fsp3) is 0.400. The molecule has 7 heteroatoms. The summed E-state index contributed by atoms with van der Waals surface area (Å²) in [5, 5.41) is 17.1. The van der Waals surface area contributed by atoms with Crippen LogP contribution in [0.1, 0.15) is 31.9 Å². The van der Waals surface area contributed by atoms with Crippen molar-refractivity contribution in [1.82, 2.24) is 15.6 Å². The monoisotopic (exact) mass is 484 g/mol. The van der Waals surface area contributed by atoms with E-state index in [9.17, 15) is 5.11 Å². The average Bonchev–Trinajstić information content (AvgIpc) is 2.66. The number of rotatable bonds is 8. The predicted molar refractivity (Wildman–Crippen MR) is 120 cm³/mol. The van der Waals surface area contributed by atoms with E-state index < -0.39 is 5.60 Å². The maximum Gasteiger partial charge on any atom is 0.218 e. The van der Waals surface area contributed by atoms with E-state index in [-0.39, 0.29) is 24.0 Å². The van der Waals surface area contributed by atoms with Crippen LogP contribution in [-0.2, 0) is 12.1 Å². The molecule has 0 spiro atoms. The molecule has 0 aliphatic heterocycles. The Kier molecular flexibility index (Phi) is 10.1. The molecule has 148 valence electrons. The summed E-state index contributed by atoms with van der Waals surface area (Å²) in [4.78, 5) is 8.83. The second-order valence-electron chi connectivity index (χ2n) is 6.09. The van der Waals surface area contributed by atoms with Crippen molar-refractivity contribution in [1.29, 1.82) is 0 Å². The van der Waals surface area contributed by atoms with E-state index in [1.165, 1.54) is 0 Å². The first-order valence-electron chi connectivity index (χ1n) is 8.93. The van der Waals surface area contributed by atoms with Crippen LogP contribution in [0.5, 0.6) is 5.88 Å². The Morgan fingerprint density at radius 3 is 2.56 bits per heavy atom. The van der Waals surface area contributed by atoms with Crippen molar-refractivity contribution in [3.63, 3.8) is 0 Å². The molecule has 3 N–H and O–H groups in total. The number of aliphatic hydroxyl groups is 1. The van der Waals surface area contributed by atoms with Gasteiger partial charge in [0.2, 0.25) is 5.88 Å². The average molecular weight is 484 g/mol. The van der Waals surface area contributed by atoms with Gasteiger partial charge in [0.1, 0.15) is 5.60 Å². The van der Waals surface area contributed by atoms with Gasteiger partial charge in [0, 0.05) is 18.3 Å². The summed E-state index contributed by atoms with van der Waals surface area (Å²) in [5.74, 6) is 1.24. The van der Waals surface area contributed by atoms with E-state index in [0.717, 1.165) is 17.7 Å². The second kappa shape index (κ2) is 11.8. The molecule has 6 nitrogen and oxygen atoms in total. The summed E-state index contributed by atoms with van der Waals surface area (Å²) in [6.45, 7) is 7.78. The molecular weight excluding hydrogens is 455 g/mol. The molecule has 2 aromatic rings. The fourth-order valence-electron chi connectivity index (χ4n) is 2.47. The minimum absolute atomic E-state index is 0. The first-order chi connectivity index (χ1) is 12.6. The van der Waals surface area contributed by atoms with Crippen LogP contribution in [0.4, 0.5) is 0 Å². The highest BCUT2D eigenvalue weighted by Gasteiger charge is 2.22. The highest BCUT2D eigenvalue weighted by molar-refractivity contribution is 14.0. The van der Waals surface area contributed by atoms with Gasteiger partial charge in [-0.2, -0.15) is 0 Å². The number of hydrogen-bond acceptors (Lipinski definition) is 4. The molecule has 0 amide bonds. The van der Waals surface area contributed by atoms with Crippen LogP contribution in [0.3, 0.4) is 0 Å². The Balaban J connectivity index is 0.00000364. The van der Waals surface area contributed by atoms with Gasteiger partial charge in [-0.1, -0.05) is 36.4 Å². The van der Waals surface area contributed by atoms with Crippen LogP contribution < -0.4 is 15.4 Å². The lowest BCUT2D eigenvalue weighted by atomic mass is 9.96. The van der Waals surface area contributed by atoms with Crippen molar-refractivity contribution in [2.75, 3.05) is 19.7 Å². The molecule has 0 saturated carbocycles. The molecular formula is C20H29IN4O2. The zero-order valence-corrected chi connectivity index (χ0v) is 18.4. The maximum absolute atomic E-state index is 10.7. The zero-order valence-electron chi connectivity index (χ0n) is 16.1. The molecule has 1 heterocycles. The number of aromatic nitrogens is 1. The number of pyridine rings is 1. The van der Waals surface area contributed by atoms with Gasteiger partial charge in [-0.15, -0.1) is 24.0 Å². The van der Waals surface area contributed by atoms with Crippen LogP contribution in [-0.4, -0.2) is 35.7 Å². The Labute approximate surface area is 178 Å². The molecule has 0 bridgehead atoms. The molecule has 0 aliphatic rings. The zero-order chi connectivity index (χ0) is 18.8. The molecule has 0 saturated heterocycles. The normalized spacial score (nSPS) is 13.3. The topological polar surface area (TPSA) is 78.8 Å².